The highest BCUT2D eigenvalue weighted by atomic mass is 32.2. The topological polar surface area (TPSA) is 72.9 Å². The number of benzene rings is 3. The zero-order valence-corrected chi connectivity index (χ0v) is 19.0. The number of hydrogen-bond donors (Lipinski definition) is 0. The number of sulfonamides is 1. The Morgan fingerprint density at radius 3 is 2.26 bits per heavy atom. The van der Waals surface area contributed by atoms with Crippen LogP contribution in [0.5, 0.6) is 5.75 Å². The molecule has 1 atom stereocenters. The number of ether oxygens (including phenoxy) is 2. The van der Waals surface area contributed by atoms with Crippen molar-refractivity contribution in [1.82, 2.24) is 0 Å². The number of halogens is 3. The second kappa shape index (κ2) is 8.68. The summed E-state index contributed by atoms with van der Waals surface area (Å²) in [6, 6.07) is 14.0. The van der Waals surface area contributed by atoms with Gasteiger partial charge in [0.2, 0.25) is 0 Å². The van der Waals surface area contributed by atoms with E-state index in [1.54, 1.807) is 18.2 Å². The smallest absolute Gasteiger partial charge is 0.416 e. The van der Waals surface area contributed by atoms with E-state index in [2.05, 4.69) is 0 Å². The molecule has 0 aromatic heterocycles. The van der Waals surface area contributed by atoms with E-state index in [0.717, 1.165) is 16.4 Å². The van der Waals surface area contributed by atoms with Crippen LogP contribution in [0.3, 0.4) is 0 Å². The maximum absolute atomic E-state index is 13.6. The second-order valence-electron chi connectivity index (χ2n) is 7.60. The molecule has 178 valence electrons. The van der Waals surface area contributed by atoms with Crippen LogP contribution >= 0.6 is 0 Å². The van der Waals surface area contributed by atoms with Crippen LogP contribution in [0.2, 0.25) is 0 Å². The van der Waals surface area contributed by atoms with Gasteiger partial charge in [-0.2, -0.15) is 13.2 Å². The summed E-state index contributed by atoms with van der Waals surface area (Å²) in [7, 11) is -1.59. The van der Waals surface area contributed by atoms with Gasteiger partial charge in [-0.15, -0.1) is 0 Å². The van der Waals surface area contributed by atoms with Crippen molar-refractivity contribution < 1.29 is 35.9 Å². The number of carbonyl (C=O) groups excluding carboxylic acids is 1. The fourth-order valence-corrected chi connectivity index (χ4v) is 5.65. The maximum atomic E-state index is 13.6. The van der Waals surface area contributed by atoms with Gasteiger partial charge in [0.25, 0.3) is 10.0 Å². The average molecular weight is 491 g/mol. The monoisotopic (exact) mass is 491 g/mol. The first-order valence-corrected chi connectivity index (χ1v) is 11.6. The molecule has 1 aliphatic rings. The normalized spacial score (nSPS) is 15.7. The number of rotatable bonds is 5. The van der Waals surface area contributed by atoms with E-state index in [1.807, 2.05) is 0 Å². The van der Waals surface area contributed by atoms with Gasteiger partial charge in [-0.25, -0.2) is 13.2 Å². The molecule has 0 bridgehead atoms. The molecule has 0 saturated heterocycles. The first kappa shape index (κ1) is 23.6. The number of nitrogens with zero attached hydrogens (tertiary/aromatic N) is 1. The number of methoxy groups -OCH3 is 2. The molecule has 4 rings (SSSR count). The largest absolute Gasteiger partial charge is 0.496 e. The van der Waals surface area contributed by atoms with Crippen molar-refractivity contribution in [2.24, 2.45) is 0 Å². The summed E-state index contributed by atoms with van der Waals surface area (Å²) in [5, 5.41) is 0. The predicted octanol–water partition coefficient (Wildman–Crippen LogP) is 4.67. The van der Waals surface area contributed by atoms with E-state index in [9.17, 15) is 26.4 Å². The Bertz CT molecular complexity index is 1340. The Hall–Kier alpha value is -3.53. The van der Waals surface area contributed by atoms with Crippen LogP contribution in [0.15, 0.2) is 71.6 Å². The minimum Gasteiger partial charge on any atom is -0.496 e. The lowest BCUT2D eigenvalue weighted by Gasteiger charge is -2.25. The summed E-state index contributed by atoms with van der Waals surface area (Å²) in [5.74, 6) is -0.272. The first-order valence-electron chi connectivity index (χ1n) is 10.1. The number of carbonyl (C=O) groups is 1. The van der Waals surface area contributed by atoms with Crippen molar-refractivity contribution in [3.05, 3.63) is 77.9 Å². The fraction of sp³-hybridized carbons (Fsp3) is 0.208. The molecule has 0 amide bonds. The van der Waals surface area contributed by atoms with Gasteiger partial charge >= 0.3 is 12.1 Å². The Balaban J connectivity index is 1.74. The molecular formula is C24H20F3NO5S. The molecule has 10 heteroatoms. The molecule has 3 aromatic carbocycles. The fourth-order valence-electron chi connectivity index (χ4n) is 4.02. The molecule has 0 N–H and O–H groups in total. The number of esters is 1. The molecule has 0 aliphatic carbocycles. The lowest BCUT2D eigenvalue weighted by atomic mass is 10.0. The summed E-state index contributed by atoms with van der Waals surface area (Å²) in [6.45, 7) is 0. The Morgan fingerprint density at radius 2 is 1.65 bits per heavy atom. The SMILES string of the molecule is COC(=O)C1Cc2c(OC)cccc2N1S(=O)(=O)c1ccc(-c2cccc(C(F)(F)F)c2)cc1. The highest BCUT2D eigenvalue weighted by Crippen LogP contribution is 2.42. The molecule has 0 saturated carbocycles. The van der Waals surface area contributed by atoms with Crippen LogP contribution in [0.25, 0.3) is 11.1 Å². The van der Waals surface area contributed by atoms with Gasteiger partial charge in [0.15, 0.2) is 0 Å². The van der Waals surface area contributed by atoms with Gasteiger partial charge in [-0.3, -0.25) is 4.31 Å². The Labute approximate surface area is 194 Å². The van der Waals surface area contributed by atoms with Crippen molar-refractivity contribution in [1.29, 1.82) is 0 Å². The van der Waals surface area contributed by atoms with E-state index in [0.29, 0.717) is 28.1 Å². The minimum absolute atomic E-state index is 0.0770. The van der Waals surface area contributed by atoms with Crippen molar-refractivity contribution in [2.75, 3.05) is 18.5 Å². The van der Waals surface area contributed by atoms with E-state index < -0.39 is 33.8 Å². The summed E-state index contributed by atoms with van der Waals surface area (Å²) in [5.41, 5.74) is 0.770. The van der Waals surface area contributed by atoms with Gasteiger partial charge in [-0.1, -0.05) is 30.3 Å². The molecule has 1 aliphatic heterocycles. The van der Waals surface area contributed by atoms with E-state index in [-0.39, 0.29) is 11.3 Å². The van der Waals surface area contributed by atoms with Crippen molar-refractivity contribution >= 4 is 21.7 Å². The zero-order valence-electron chi connectivity index (χ0n) is 18.2. The minimum atomic E-state index is -4.49. The number of alkyl halides is 3. The average Bonchev–Trinajstić information content (AvgIpc) is 3.24. The molecule has 1 unspecified atom stereocenters. The third-order valence-corrected chi connectivity index (χ3v) is 7.49. The molecule has 0 fully saturated rings. The number of hydrogen-bond acceptors (Lipinski definition) is 5. The molecule has 0 spiro atoms. The molecule has 6 nitrogen and oxygen atoms in total. The second-order valence-corrected chi connectivity index (χ2v) is 9.42. The lowest BCUT2D eigenvalue weighted by molar-refractivity contribution is -0.141. The van der Waals surface area contributed by atoms with E-state index >= 15 is 0 Å². The highest BCUT2D eigenvalue weighted by molar-refractivity contribution is 7.93. The molecule has 3 aromatic rings. The van der Waals surface area contributed by atoms with E-state index in [4.69, 9.17) is 9.47 Å². The predicted molar refractivity (Wildman–Crippen MR) is 119 cm³/mol. The summed E-state index contributed by atoms with van der Waals surface area (Å²) >= 11 is 0. The third kappa shape index (κ3) is 4.09. The molecule has 34 heavy (non-hydrogen) atoms. The van der Waals surface area contributed by atoms with Crippen molar-refractivity contribution in [3.8, 4) is 16.9 Å². The van der Waals surface area contributed by atoms with Gasteiger partial charge in [0.05, 0.1) is 30.4 Å². The van der Waals surface area contributed by atoms with Crippen LogP contribution in [0.4, 0.5) is 18.9 Å². The molecule has 1 heterocycles. The van der Waals surface area contributed by atoms with Gasteiger partial charge in [0, 0.05) is 12.0 Å². The van der Waals surface area contributed by atoms with Gasteiger partial charge in [-0.05, 0) is 47.5 Å². The summed E-state index contributed by atoms with van der Waals surface area (Å²) < 4.78 is 77.5. The Kier molecular flexibility index (Phi) is 6.03. The van der Waals surface area contributed by atoms with Crippen LogP contribution in [-0.2, 0) is 32.2 Å². The quantitative estimate of drug-likeness (QED) is 0.485. The van der Waals surface area contributed by atoms with Crippen LogP contribution in [0.1, 0.15) is 11.1 Å². The lowest BCUT2D eigenvalue weighted by Crippen LogP contribution is -2.43. The Morgan fingerprint density at radius 1 is 0.971 bits per heavy atom. The standard InChI is InChI=1S/C24H20F3NO5S/c1-32-22-8-4-7-20-19(22)14-21(23(29)33-2)28(20)34(30,31)18-11-9-15(10-12-18)16-5-3-6-17(13-16)24(25,26)27/h3-13,21H,14H2,1-2H3. The van der Waals surface area contributed by atoms with E-state index in [1.165, 1.54) is 50.6 Å². The molecular weight excluding hydrogens is 471 g/mol. The van der Waals surface area contributed by atoms with Crippen LogP contribution < -0.4 is 9.04 Å². The van der Waals surface area contributed by atoms with Gasteiger partial charge < -0.3 is 9.47 Å². The number of fused-ring (bicyclic) bond motifs is 1. The number of anilines is 1. The van der Waals surface area contributed by atoms with Crippen LogP contribution in [0, 0.1) is 0 Å². The van der Waals surface area contributed by atoms with Crippen LogP contribution in [-0.4, -0.2) is 34.6 Å². The summed E-state index contributed by atoms with van der Waals surface area (Å²) in [4.78, 5) is 12.3. The summed E-state index contributed by atoms with van der Waals surface area (Å²) in [6.07, 6.45) is -4.42. The first-order chi connectivity index (χ1) is 16.1. The third-order valence-electron chi connectivity index (χ3n) is 5.65. The van der Waals surface area contributed by atoms with Crippen molar-refractivity contribution in [2.45, 2.75) is 23.5 Å². The highest BCUT2D eigenvalue weighted by Gasteiger charge is 2.44. The molecule has 0 radical (unpaired) electrons. The maximum Gasteiger partial charge on any atom is 0.416 e. The zero-order chi connectivity index (χ0) is 24.7. The van der Waals surface area contributed by atoms with Crippen molar-refractivity contribution in [3.63, 3.8) is 0 Å². The van der Waals surface area contributed by atoms with Gasteiger partial charge in [0.1, 0.15) is 11.8 Å².